The van der Waals surface area contributed by atoms with Gasteiger partial charge in [0.25, 0.3) is 0 Å². The van der Waals surface area contributed by atoms with E-state index in [1.165, 1.54) is 19.2 Å². The summed E-state index contributed by atoms with van der Waals surface area (Å²) in [6, 6.07) is 6.28. The maximum absolute atomic E-state index is 7.50. The van der Waals surface area contributed by atoms with Crippen LogP contribution in [0.5, 0.6) is 0 Å². The molecule has 0 aliphatic carbocycles. The normalized spacial score (nSPS) is 9.21. The van der Waals surface area contributed by atoms with Gasteiger partial charge >= 0.3 is 67.9 Å². The predicted molar refractivity (Wildman–Crippen MR) is 109 cm³/mol. The van der Waals surface area contributed by atoms with Crippen molar-refractivity contribution < 1.29 is 28.5 Å². The molecule has 0 atom stereocenters. The zero-order chi connectivity index (χ0) is 22.7. The number of halogens is 1. The van der Waals surface area contributed by atoms with E-state index in [-0.39, 0.29) is 0 Å². The molecule has 0 saturated carbocycles. The van der Waals surface area contributed by atoms with Gasteiger partial charge in [-0.25, -0.2) is 15.3 Å². The van der Waals surface area contributed by atoms with Gasteiger partial charge in [0.05, 0.1) is 17.1 Å². The Hall–Kier alpha value is -1.88. The van der Waals surface area contributed by atoms with Gasteiger partial charge in [-0.2, -0.15) is 0 Å². The average molecular weight is 629 g/mol. The standard InChI is InChI=1S/C15H22BN6.CBr.2CO.W/c1-10-7-13(4)20(17-10)16(21-14(5)8-11(2)18-21)22-15(6)9-12(3)19-22;3*1-2;/h7-9,16H,1-6H3;;;;/q-1;;;;+1. The first-order valence-corrected chi connectivity index (χ1v) is 10.7. The summed E-state index contributed by atoms with van der Waals surface area (Å²) in [5.74, 6) is 0. The Morgan fingerprint density at radius 1 is 0.759 bits per heavy atom. The molecule has 0 amide bonds. The first-order chi connectivity index (χ1) is 13.8. The molecule has 0 aliphatic rings. The predicted octanol–water partition coefficient (Wildman–Crippen LogP) is 2.56. The second kappa shape index (κ2) is 13.4. The van der Waals surface area contributed by atoms with E-state index in [1.807, 2.05) is 20.8 Å². The molecule has 11 heteroatoms. The Balaban J connectivity index is 0.00000100. The molecule has 0 bridgehead atoms. The van der Waals surface area contributed by atoms with Crippen LogP contribution in [-0.4, -0.2) is 36.2 Å². The Morgan fingerprint density at radius 3 is 1.10 bits per heavy atom. The summed E-state index contributed by atoms with van der Waals surface area (Å²) in [6.45, 7) is 21.3. The van der Waals surface area contributed by atoms with Crippen molar-refractivity contribution in [3.05, 3.63) is 65.7 Å². The summed E-state index contributed by atoms with van der Waals surface area (Å²) in [4.78, 5) is 0. The fourth-order valence-corrected chi connectivity index (χ4v) is 3.26. The van der Waals surface area contributed by atoms with Gasteiger partial charge in [0, 0.05) is 0 Å². The summed E-state index contributed by atoms with van der Waals surface area (Å²) in [7, 11) is -1.26. The summed E-state index contributed by atoms with van der Waals surface area (Å²) >= 11 is 4.27. The first-order valence-electron chi connectivity index (χ1n) is 8.42. The van der Waals surface area contributed by atoms with Gasteiger partial charge in [0.2, 0.25) is 0 Å². The second-order valence-corrected chi connectivity index (χ2v) is 9.49. The third-order valence-corrected chi connectivity index (χ3v) is 4.11. The van der Waals surface area contributed by atoms with Crippen molar-refractivity contribution in [1.82, 2.24) is 29.1 Å². The molecule has 0 aliphatic heterocycles. The van der Waals surface area contributed by atoms with E-state index in [4.69, 9.17) is 24.6 Å². The van der Waals surface area contributed by atoms with Gasteiger partial charge in [0.1, 0.15) is 0 Å². The molecule has 0 fully saturated rings. The topological polar surface area (TPSA) is 93.3 Å². The molecule has 0 spiro atoms. The number of nitrogens with zero attached hydrogens (tertiary/aromatic N) is 6. The molecule has 3 rings (SSSR count). The van der Waals surface area contributed by atoms with E-state index in [1.54, 1.807) is 0 Å². The number of hydrogen-bond acceptors (Lipinski definition) is 3. The monoisotopic (exact) mass is 628 g/mol. The molecule has 0 aromatic carbocycles. The van der Waals surface area contributed by atoms with Crippen LogP contribution in [0.1, 0.15) is 34.2 Å². The van der Waals surface area contributed by atoms with Crippen molar-refractivity contribution in [3.63, 3.8) is 0 Å². The molecule has 0 saturated heterocycles. The van der Waals surface area contributed by atoms with Gasteiger partial charge in [-0.1, -0.05) is 0 Å². The number of hydrogen-bond donors (Lipinski definition) is 0. The van der Waals surface area contributed by atoms with Crippen LogP contribution in [-0.2, 0) is 28.5 Å². The molecule has 0 unspecified atom stereocenters. The van der Waals surface area contributed by atoms with Crippen LogP contribution >= 0.6 is 15.9 Å². The zero-order valence-electron chi connectivity index (χ0n) is 17.2. The molecule has 3 heterocycles. The molecule has 29 heavy (non-hydrogen) atoms. The SMILES string of the molecule is Br[C]#[W+].Cc1cc(C)n([BH-](n2nc(C)cc2C)n2nc(C)cc2C)n1.[C-]#[O+].[C-]#[O+]. The minimum atomic E-state index is -1.26. The fraction of sp³-hybridized carbons (Fsp3) is 0.333. The minimum absolute atomic E-state index is 1.01. The average Bonchev–Trinajstić information content (AvgIpc) is 3.30. The van der Waals surface area contributed by atoms with E-state index in [9.17, 15) is 0 Å². The summed E-state index contributed by atoms with van der Waals surface area (Å²) < 4.78 is 23.8. The van der Waals surface area contributed by atoms with Gasteiger partial charge in [-0.15, -0.1) is 0 Å². The van der Waals surface area contributed by atoms with Crippen LogP contribution in [0.25, 0.3) is 0 Å². The molecule has 8 nitrogen and oxygen atoms in total. The van der Waals surface area contributed by atoms with E-state index >= 15 is 0 Å². The second-order valence-electron chi connectivity index (χ2n) is 6.28. The van der Waals surface area contributed by atoms with E-state index in [2.05, 4.69) is 85.1 Å². The molecule has 0 radical (unpaired) electrons. The molecule has 3 aromatic rings. The van der Waals surface area contributed by atoms with Crippen LogP contribution in [0.15, 0.2) is 18.2 Å². The van der Waals surface area contributed by atoms with Gasteiger partial charge < -0.3 is 13.8 Å². The Morgan fingerprint density at radius 2 is 0.966 bits per heavy atom. The van der Waals surface area contributed by atoms with Crippen LogP contribution in [0, 0.1) is 58.0 Å². The number of aromatic nitrogens is 6. The third kappa shape index (κ3) is 7.15. The molecule has 152 valence electrons. The van der Waals surface area contributed by atoms with E-state index < -0.39 is 7.12 Å². The quantitative estimate of drug-likeness (QED) is 0.254. The van der Waals surface area contributed by atoms with Crippen LogP contribution < -0.4 is 0 Å². The van der Waals surface area contributed by atoms with Gasteiger partial charge in [-0.05, 0) is 76.8 Å². The fourth-order valence-electron chi connectivity index (χ4n) is 3.26. The summed E-state index contributed by atoms with van der Waals surface area (Å²) in [6.07, 6.45) is 0. The number of aryl methyl sites for hydroxylation is 6. The van der Waals surface area contributed by atoms with Crippen LogP contribution in [0.3, 0.4) is 0 Å². The van der Waals surface area contributed by atoms with Gasteiger partial charge in [-0.3, -0.25) is 0 Å². The van der Waals surface area contributed by atoms with Crippen molar-refractivity contribution in [3.8, 4) is 3.11 Å². The number of rotatable bonds is 3. The summed E-state index contributed by atoms with van der Waals surface area (Å²) in [5, 5.41) is 14.1. The molecule has 3 aromatic heterocycles. The van der Waals surface area contributed by atoms with E-state index in [0.29, 0.717) is 0 Å². The maximum atomic E-state index is 7.50. The van der Waals surface area contributed by atoms with Crippen molar-refractivity contribution in [2.24, 2.45) is 0 Å². The van der Waals surface area contributed by atoms with Crippen molar-refractivity contribution in [2.75, 3.05) is 0 Å². The molecule has 0 N–H and O–H groups in total. The molecular formula is C18H22BBrN6O2W. The van der Waals surface area contributed by atoms with Crippen LogP contribution in [0.2, 0.25) is 0 Å². The van der Waals surface area contributed by atoms with Crippen molar-refractivity contribution >= 4 is 23.0 Å². The third-order valence-electron chi connectivity index (χ3n) is 4.11. The van der Waals surface area contributed by atoms with E-state index in [0.717, 1.165) is 34.2 Å². The Bertz CT molecular complexity index is 899. The van der Waals surface area contributed by atoms with Crippen molar-refractivity contribution in [1.29, 1.82) is 0 Å². The van der Waals surface area contributed by atoms with Gasteiger partial charge in [0.15, 0.2) is 0 Å². The summed E-state index contributed by atoms with van der Waals surface area (Å²) in [5.41, 5.74) is 6.40. The Labute approximate surface area is 190 Å². The van der Waals surface area contributed by atoms with Crippen molar-refractivity contribution in [2.45, 2.75) is 41.5 Å². The van der Waals surface area contributed by atoms with Crippen LogP contribution in [0.4, 0.5) is 0 Å². The zero-order valence-corrected chi connectivity index (χ0v) is 21.7. The Kier molecular flexibility index (Phi) is 12.5. The first kappa shape index (κ1) is 27.1. The molecular weight excluding hydrogens is 607 g/mol.